The Morgan fingerprint density at radius 3 is 2.70 bits per heavy atom. The number of ketones is 1. The third-order valence-electron chi connectivity index (χ3n) is 3.31. The Morgan fingerprint density at radius 2 is 2.05 bits per heavy atom. The standard InChI is InChI=1S/C15H17NO4/c1-8(2)15(19)20-7-13(17)10-4-5-12-11(6-10)9(3)14(18)16-12/h4-6,8-9H,7H2,1-3H3,(H,16,18)/t9-/m0/s1. The number of amides is 1. The molecule has 0 saturated carbocycles. The number of benzene rings is 1. The van der Waals surface area contributed by atoms with Crippen LogP contribution in [0.3, 0.4) is 0 Å². The summed E-state index contributed by atoms with van der Waals surface area (Å²) in [7, 11) is 0. The van der Waals surface area contributed by atoms with Crippen LogP contribution < -0.4 is 5.32 Å². The topological polar surface area (TPSA) is 72.5 Å². The van der Waals surface area contributed by atoms with Crippen LogP contribution in [0.4, 0.5) is 5.69 Å². The van der Waals surface area contributed by atoms with Crippen LogP contribution in [-0.2, 0) is 14.3 Å². The maximum atomic E-state index is 12.0. The van der Waals surface area contributed by atoms with Gasteiger partial charge in [-0.2, -0.15) is 0 Å². The normalized spacial score (nSPS) is 16.8. The highest BCUT2D eigenvalue weighted by molar-refractivity contribution is 6.05. The third kappa shape index (κ3) is 2.71. The predicted molar refractivity (Wildman–Crippen MR) is 73.6 cm³/mol. The zero-order valence-electron chi connectivity index (χ0n) is 11.7. The number of rotatable bonds is 4. The SMILES string of the molecule is CC(C)C(=O)OCC(=O)c1ccc2c(c1)[C@H](C)C(=O)N2. The Morgan fingerprint density at radius 1 is 1.35 bits per heavy atom. The molecule has 5 heteroatoms. The van der Waals surface area contributed by atoms with Gasteiger partial charge in [-0.1, -0.05) is 13.8 Å². The quantitative estimate of drug-likeness (QED) is 0.675. The fraction of sp³-hybridized carbons (Fsp3) is 0.400. The summed E-state index contributed by atoms with van der Waals surface area (Å²) in [6, 6.07) is 5.01. The molecule has 0 unspecified atom stereocenters. The second-order valence-electron chi connectivity index (χ2n) is 5.20. The van der Waals surface area contributed by atoms with Crippen molar-refractivity contribution >= 4 is 23.3 Å². The van der Waals surface area contributed by atoms with Crippen LogP contribution >= 0.6 is 0 Å². The molecular formula is C15H17NO4. The van der Waals surface area contributed by atoms with Gasteiger partial charge in [-0.05, 0) is 30.7 Å². The molecule has 0 saturated heterocycles. The van der Waals surface area contributed by atoms with Crippen LogP contribution in [0.2, 0.25) is 0 Å². The molecule has 1 aromatic carbocycles. The van der Waals surface area contributed by atoms with E-state index in [0.717, 1.165) is 11.3 Å². The van der Waals surface area contributed by atoms with Crippen molar-refractivity contribution in [2.75, 3.05) is 11.9 Å². The summed E-state index contributed by atoms with van der Waals surface area (Å²) < 4.78 is 4.92. The monoisotopic (exact) mass is 275 g/mol. The van der Waals surface area contributed by atoms with Gasteiger partial charge in [0.2, 0.25) is 5.91 Å². The number of esters is 1. The van der Waals surface area contributed by atoms with Crippen LogP contribution in [-0.4, -0.2) is 24.3 Å². The zero-order chi connectivity index (χ0) is 14.9. The summed E-state index contributed by atoms with van der Waals surface area (Å²) in [5.74, 6) is -1.27. The zero-order valence-corrected chi connectivity index (χ0v) is 11.7. The van der Waals surface area contributed by atoms with E-state index in [2.05, 4.69) is 5.32 Å². The number of ether oxygens (including phenoxy) is 1. The molecule has 0 spiro atoms. The third-order valence-corrected chi connectivity index (χ3v) is 3.31. The average molecular weight is 275 g/mol. The van der Waals surface area contributed by atoms with Gasteiger partial charge >= 0.3 is 5.97 Å². The molecule has 0 bridgehead atoms. The minimum Gasteiger partial charge on any atom is -0.457 e. The van der Waals surface area contributed by atoms with Gasteiger partial charge in [0.15, 0.2) is 12.4 Å². The second kappa shape index (κ2) is 5.45. The maximum Gasteiger partial charge on any atom is 0.308 e. The summed E-state index contributed by atoms with van der Waals surface area (Å²) in [4.78, 5) is 34.8. The molecule has 0 radical (unpaired) electrons. The Bertz CT molecular complexity index is 577. The highest BCUT2D eigenvalue weighted by atomic mass is 16.5. The fourth-order valence-corrected chi connectivity index (χ4v) is 1.98. The number of hydrogen-bond donors (Lipinski definition) is 1. The lowest BCUT2D eigenvalue weighted by atomic mass is 9.99. The average Bonchev–Trinajstić information content (AvgIpc) is 2.70. The number of Topliss-reactive ketones (excluding diaryl/α,β-unsaturated/α-hetero) is 1. The first-order valence-electron chi connectivity index (χ1n) is 6.54. The van der Waals surface area contributed by atoms with Crippen LogP contribution in [0.15, 0.2) is 18.2 Å². The van der Waals surface area contributed by atoms with E-state index < -0.39 is 5.97 Å². The molecular weight excluding hydrogens is 258 g/mol. The fourth-order valence-electron chi connectivity index (χ4n) is 1.98. The molecule has 1 N–H and O–H groups in total. The summed E-state index contributed by atoms with van der Waals surface area (Å²) in [5.41, 5.74) is 1.98. The molecule has 20 heavy (non-hydrogen) atoms. The Labute approximate surface area is 117 Å². The highest BCUT2D eigenvalue weighted by Gasteiger charge is 2.27. The maximum absolute atomic E-state index is 12.0. The molecule has 0 aromatic heterocycles. The van der Waals surface area contributed by atoms with E-state index in [-0.39, 0.29) is 30.1 Å². The van der Waals surface area contributed by atoms with E-state index in [0.29, 0.717) is 5.56 Å². The van der Waals surface area contributed by atoms with Gasteiger partial charge in [-0.3, -0.25) is 14.4 Å². The molecule has 1 aliphatic rings. The molecule has 1 heterocycles. The molecule has 106 valence electrons. The van der Waals surface area contributed by atoms with Crippen LogP contribution in [0.25, 0.3) is 0 Å². The van der Waals surface area contributed by atoms with Crippen molar-refractivity contribution in [2.45, 2.75) is 26.7 Å². The summed E-state index contributed by atoms with van der Waals surface area (Å²) in [6.45, 7) is 4.93. The number of anilines is 1. The first-order chi connectivity index (χ1) is 9.40. The van der Waals surface area contributed by atoms with Crippen molar-refractivity contribution in [1.29, 1.82) is 0 Å². The summed E-state index contributed by atoms with van der Waals surface area (Å²) >= 11 is 0. The highest BCUT2D eigenvalue weighted by Crippen LogP contribution is 2.32. The van der Waals surface area contributed by atoms with E-state index in [1.54, 1.807) is 39.0 Å². The molecule has 0 fully saturated rings. The lowest BCUT2D eigenvalue weighted by Gasteiger charge is -2.08. The second-order valence-corrected chi connectivity index (χ2v) is 5.20. The minimum atomic E-state index is -0.398. The smallest absolute Gasteiger partial charge is 0.308 e. The van der Waals surface area contributed by atoms with Gasteiger partial charge in [-0.25, -0.2) is 0 Å². The lowest BCUT2D eigenvalue weighted by Crippen LogP contribution is -2.17. The Kier molecular flexibility index (Phi) is 3.88. The molecule has 0 aliphatic carbocycles. The van der Waals surface area contributed by atoms with Crippen LogP contribution in [0.1, 0.15) is 42.6 Å². The number of carbonyl (C=O) groups is 3. The number of nitrogens with one attached hydrogen (secondary N) is 1. The van der Waals surface area contributed by atoms with Gasteiger partial charge < -0.3 is 10.1 Å². The molecule has 1 aromatic rings. The van der Waals surface area contributed by atoms with E-state index in [4.69, 9.17) is 4.74 Å². The minimum absolute atomic E-state index is 0.0733. The van der Waals surface area contributed by atoms with Crippen molar-refractivity contribution in [1.82, 2.24) is 0 Å². The Hall–Kier alpha value is -2.17. The Balaban J connectivity index is 2.09. The van der Waals surface area contributed by atoms with Crippen LogP contribution in [0, 0.1) is 5.92 Å². The molecule has 1 atom stereocenters. The van der Waals surface area contributed by atoms with Crippen molar-refractivity contribution in [3.05, 3.63) is 29.3 Å². The number of carbonyl (C=O) groups excluding carboxylic acids is 3. The summed E-state index contributed by atoms with van der Waals surface area (Å²) in [5, 5.41) is 2.74. The van der Waals surface area contributed by atoms with Crippen molar-refractivity contribution in [2.24, 2.45) is 5.92 Å². The number of hydrogen-bond acceptors (Lipinski definition) is 4. The molecule has 1 amide bonds. The van der Waals surface area contributed by atoms with E-state index in [1.807, 2.05) is 0 Å². The van der Waals surface area contributed by atoms with Gasteiger partial charge in [0.05, 0.1) is 11.8 Å². The van der Waals surface area contributed by atoms with Gasteiger partial charge in [0, 0.05) is 11.3 Å². The van der Waals surface area contributed by atoms with E-state index in [9.17, 15) is 14.4 Å². The molecule has 2 rings (SSSR count). The largest absolute Gasteiger partial charge is 0.457 e. The van der Waals surface area contributed by atoms with E-state index >= 15 is 0 Å². The first-order valence-corrected chi connectivity index (χ1v) is 6.54. The molecule has 5 nitrogen and oxygen atoms in total. The van der Waals surface area contributed by atoms with Gasteiger partial charge in [0.25, 0.3) is 0 Å². The predicted octanol–water partition coefficient (Wildman–Crippen LogP) is 2.12. The van der Waals surface area contributed by atoms with Crippen molar-refractivity contribution in [3.63, 3.8) is 0 Å². The van der Waals surface area contributed by atoms with Gasteiger partial charge in [0.1, 0.15) is 0 Å². The summed E-state index contributed by atoms with van der Waals surface area (Å²) in [6.07, 6.45) is 0. The van der Waals surface area contributed by atoms with Crippen LogP contribution in [0.5, 0.6) is 0 Å². The number of fused-ring (bicyclic) bond motifs is 1. The lowest BCUT2D eigenvalue weighted by molar-refractivity contribution is -0.146. The van der Waals surface area contributed by atoms with Crippen molar-refractivity contribution in [3.8, 4) is 0 Å². The first kappa shape index (κ1) is 14.2. The van der Waals surface area contributed by atoms with Gasteiger partial charge in [-0.15, -0.1) is 0 Å². The molecule has 1 aliphatic heterocycles. The van der Waals surface area contributed by atoms with Crippen molar-refractivity contribution < 1.29 is 19.1 Å². The van der Waals surface area contributed by atoms with E-state index in [1.165, 1.54) is 0 Å².